The number of aryl methyl sites for hydroxylation is 3. The molecule has 134 valence electrons. The molecule has 0 radical (unpaired) electrons. The summed E-state index contributed by atoms with van der Waals surface area (Å²) < 4.78 is 1.68. The Labute approximate surface area is 159 Å². The molecule has 0 atom stereocenters. The van der Waals surface area contributed by atoms with Crippen molar-refractivity contribution in [2.24, 2.45) is 7.05 Å². The van der Waals surface area contributed by atoms with Crippen molar-refractivity contribution in [3.63, 3.8) is 0 Å². The van der Waals surface area contributed by atoms with Gasteiger partial charge >= 0.3 is 0 Å². The molecule has 0 saturated carbocycles. The Balaban J connectivity index is 1.86. The molecule has 0 fully saturated rings. The minimum Gasteiger partial charge on any atom is -0.291 e. The fraction of sp³-hybridized carbons (Fsp3) is 0.273. The lowest BCUT2D eigenvalue weighted by Gasteiger charge is -2.13. The van der Waals surface area contributed by atoms with Crippen LogP contribution in [0.2, 0.25) is 0 Å². The van der Waals surface area contributed by atoms with E-state index in [1.165, 1.54) is 16.7 Å². The molecular weight excluding hydrogens is 340 g/mol. The molecule has 0 amide bonds. The van der Waals surface area contributed by atoms with Crippen molar-refractivity contribution in [3.8, 4) is 0 Å². The summed E-state index contributed by atoms with van der Waals surface area (Å²) in [7, 11) is 1.81. The lowest BCUT2D eigenvalue weighted by molar-refractivity contribution is 0.683. The minimum atomic E-state index is 0.0475. The molecule has 3 aromatic rings. The van der Waals surface area contributed by atoms with Crippen LogP contribution in [0.15, 0.2) is 58.5 Å². The number of hydrogen-bond acceptors (Lipinski definition) is 3. The normalized spacial score (nSPS) is 10.9. The van der Waals surface area contributed by atoms with Crippen LogP contribution in [0.25, 0.3) is 0 Å². The number of aromatic nitrogens is 2. The topological polar surface area (TPSA) is 34.9 Å². The summed E-state index contributed by atoms with van der Waals surface area (Å²) in [6, 6.07) is 16.6. The van der Waals surface area contributed by atoms with Crippen LogP contribution < -0.4 is 5.56 Å². The van der Waals surface area contributed by atoms with Gasteiger partial charge in [0.05, 0.1) is 0 Å². The first-order chi connectivity index (χ1) is 12.5. The number of thioether (sulfide) groups is 1. The van der Waals surface area contributed by atoms with Crippen molar-refractivity contribution in [1.29, 1.82) is 0 Å². The molecule has 1 heterocycles. The van der Waals surface area contributed by atoms with Crippen LogP contribution in [0.1, 0.15) is 33.5 Å². The molecule has 3 rings (SSSR count). The Morgan fingerprint density at radius 3 is 2.54 bits per heavy atom. The van der Waals surface area contributed by atoms with E-state index < -0.39 is 0 Å². The standard InChI is InChI=1S/C22H24N2OS/c1-15-8-7-10-18(12-15)13-20-17(3)23-22(24(4)21(20)25)26-14-19-11-6-5-9-16(19)2/h5-12H,13-14H2,1-4H3. The van der Waals surface area contributed by atoms with Crippen LogP contribution >= 0.6 is 11.8 Å². The first kappa shape index (κ1) is 18.5. The van der Waals surface area contributed by atoms with Crippen LogP contribution in [0.5, 0.6) is 0 Å². The molecule has 0 aliphatic heterocycles. The molecule has 2 aromatic carbocycles. The fourth-order valence-electron chi connectivity index (χ4n) is 3.00. The van der Waals surface area contributed by atoms with E-state index >= 15 is 0 Å². The molecule has 0 unspecified atom stereocenters. The van der Waals surface area contributed by atoms with Crippen molar-refractivity contribution >= 4 is 11.8 Å². The van der Waals surface area contributed by atoms with Crippen molar-refractivity contribution in [3.05, 3.63) is 92.4 Å². The van der Waals surface area contributed by atoms with Gasteiger partial charge in [0.2, 0.25) is 0 Å². The van der Waals surface area contributed by atoms with Gasteiger partial charge in [0.15, 0.2) is 5.16 Å². The van der Waals surface area contributed by atoms with Crippen LogP contribution in [0, 0.1) is 20.8 Å². The number of benzene rings is 2. The number of hydrogen-bond donors (Lipinski definition) is 0. The second kappa shape index (κ2) is 7.92. The van der Waals surface area contributed by atoms with E-state index in [2.05, 4.69) is 44.2 Å². The molecule has 0 saturated heterocycles. The van der Waals surface area contributed by atoms with Gasteiger partial charge in [0.25, 0.3) is 5.56 Å². The maximum absolute atomic E-state index is 12.9. The summed E-state index contributed by atoms with van der Waals surface area (Å²) in [5.41, 5.74) is 6.53. The van der Waals surface area contributed by atoms with E-state index in [0.717, 1.165) is 27.7 Å². The SMILES string of the molecule is Cc1cccc(Cc2c(C)nc(SCc3ccccc3C)n(C)c2=O)c1. The van der Waals surface area contributed by atoms with E-state index in [0.29, 0.717) is 6.42 Å². The lowest BCUT2D eigenvalue weighted by Crippen LogP contribution is -2.25. The van der Waals surface area contributed by atoms with Crippen molar-refractivity contribution in [2.75, 3.05) is 0 Å². The molecular formula is C22H24N2OS. The third kappa shape index (κ3) is 4.07. The van der Waals surface area contributed by atoms with Gasteiger partial charge in [0, 0.05) is 30.5 Å². The molecule has 1 aromatic heterocycles. The maximum Gasteiger partial charge on any atom is 0.257 e. The summed E-state index contributed by atoms with van der Waals surface area (Å²) in [6.45, 7) is 6.11. The van der Waals surface area contributed by atoms with Crippen molar-refractivity contribution < 1.29 is 0 Å². The monoisotopic (exact) mass is 364 g/mol. The average Bonchev–Trinajstić information content (AvgIpc) is 2.62. The van der Waals surface area contributed by atoms with Crippen LogP contribution in [-0.2, 0) is 19.2 Å². The van der Waals surface area contributed by atoms with E-state index in [4.69, 9.17) is 4.98 Å². The van der Waals surface area contributed by atoms with Gasteiger partial charge in [-0.15, -0.1) is 0 Å². The Morgan fingerprint density at radius 2 is 1.81 bits per heavy atom. The third-order valence-electron chi connectivity index (χ3n) is 4.63. The molecule has 26 heavy (non-hydrogen) atoms. The fourth-order valence-corrected chi connectivity index (χ4v) is 4.09. The Hall–Kier alpha value is -2.33. The van der Waals surface area contributed by atoms with Gasteiger partial charge in [-0.1, -0.05) is 65.9 Å². The summed E-state index contributed by atoms with van der Waals surface area (Å²) in [6.07, 6.45) is 0.621. The van der Waals surface area contributed by atoms with Gasteiger partial charge in [-0.3, -0.25) is 9.36 Å². The maximum atomic E-state index is 12.9. The van der Waals surface area contributed by atoms with Gasteiger partial charge in [-0.2, -0.15) is 0 Å². The molecule has 0 N–H and O–H groups in total. The van der Waals surface area contributed by atoms with Crippen LogP contribution in [-0.4, -0.2) is 9.55 Å². The Kier molecular flexibility index (Phi) is 5.62. The molecule has 0 aliphatic rings. The number of nitrogens with zero attached hydrogens (tertiary/aromatic N) is 2. The zero-order valence-electron chi connectivity index (χ0n) is 15.7. The zero-order chi connectivity index (χ0) is 18.7. The molecule has 3 nitrogen and oxygen atoms in total. The quantitative estimate of drug-likeness (QED) is 0.491. The summed E-state index contributed by atoms with van der Waals surface area (Å²) >= 11 is 1.61. The van der Waals surface area contributed by atoms with Crippen LogP contribution in [0.3, 0.4) is 0 Å². The van der Waals surface area contributed by atoms with Crippen LogP contribution in [0.4, 0.5) is 0 Å². The molecule has 0 spiro atoms. The Bertz CT molecular complexity index is 992. The smallest absolute Gasteiger partial charge is 0.257 e. The zero-order valence-corrected chi connectivity index (χ0v) is 16.6. The van der Waals surface area contributed by atoms with E-state index in [9.17, 15) is 4.79 Å². The molecule has 0 aliphatic carbocycles. The average molecular weight is 365 g/mol. The summed E-state index contributed by atoms with van der Waals surface area (Å²) in [4.78, 5) is 17.6. The predicted octanol–water partition coefficient (Wildman–Crippen LogP) is 4.59. The number of rotatable bonds is 5. The van der Waals surface area contributed by atoms with E-state index in [1.54, 1.807) is 16.3 Å². The van der Waals surface area contributed by atoms with E-state index in [-0.39, 0.29) is 5.56 Å². The van der Waals surface area contributed by atoms with Gasteiger partial charge in [-0.25, -0.2) is 4.98 Å². The lowest BCUT2D eigenvalue weighted by atomic mass is 10.0. The molecule has 4 heteroatoms. The third-order valence-corrected chi connectivity index (χ3v) is 5.71. The van der Waals surface area contributed by atoms with Crippen molar-refractivity contribution in [1.82, 2.24) is 9.55 Å². The first-order valence-electron chi connectivity index (χ1n) is 8.75. The molecule has 0 bridgehead atoms. The highest BCUT2D eigenvalue weighted by molar-refractivity contribution is 7.98. The van der Waals surface area contributed by atoms with Gasteiger partial charge in [-0.05, 0) is 37.5 Å². The first-order valence-corrected chi connectivity index (χ1v) is 9.73. The van der Waals surface area contributed by atoms with Gasteiger partial charge < -0.3 is 0 Å². The highest BCUT2D eigenvalue weighted by atomic mass is 32.2. The summed E-state index contributed by atoms with van der Waals surface area (Å²) in [5.74, 6) is 0.809. The highest BCUT2D eigenvalue weighted by Crippen LogP contribution is 2.23. The summed E-state index contributed by atoms with van der Waals surface area (Å²) in [5, 5.41) is 0.767. The van der Waals surface area contributed by atoms with E-state index in [1.807, 2.05) is 32.2 Å². The van der Waals surface area contributed by atoms with Gasteiger partial charge in [0.1, 0.15) is 0 Å². The highest BCUT2D eigenvalue weighted by Gasteiger charge is 2.13. The predicted molar refractivity (Wildman–Crippen MR) is 109 cm³/mol. The second-order valence-electron chi connectivity index (χ2n) is 6.70. The largest absolute Gasteiger partial charge is 0.291 e. The Morgan fingerprint density at radius 1 is 1.04 bits per heavy atom. The second-order valence-corrected chi connectivity index (χ2v) is 7.65. The minimum absolute atomic E-state index is 0.0475. The van der Waals surface area contributed by atoms with Crippen molar-refractivity contribution in [2.45, 2.75) is 38.1 Å².